The molecule has 0 aliphatic heterocycles. The molecule has 3 nitrogen and oxygen atoms in total. The van der Waals surface area contributed by atoms with Gasteiger partial charge in [-0.2, -0.15) is 0 Å². The lowest BCUT2D eigenvalue weighted by atomic mass is 10.4. The van der Waals surface area contributed by atoms with Crippen LogP contribution in [0.15, 0.2) is 12.2 Å². The first-order valence-electron chi connectivity index (χ1n) is 2.31. The summed E-state index contributed by atoms with van der Waals surface area (Å²) >= 11 is 0. The van der Waals surface area contributed by atoms with Gasteiger partial charge >= 0.3 is 0 Å². The number of rotatable bonds is 3. The zero-order chi connectivity index (χ0) is 6.41. The Kier molecular flexibility index (Phi) is 4.11. The lowest BCUT2D eigenvalue weighted by Gasteiger charge is -1.81. The van der Waals surface area contributed by atoms with E-state index in [4.69, 9.17) is 10.8 Å². The number of carbonyl (C=O) groups is 1. The van der Waals surface area contributed by atoms with Crippen LogP contribution in [0, 0.1) is 0 Å². The Hall–Kier alpha value is -0.670. The fourth-order valence-electron chi connectivity index (χ4n) is 0.252. The van der Waals surface area contributed by atoms with Gasteiger partial charge in [0, 0.05) is 6.54 Å². The van der Waals surface area contributed by atoms with Crippen molar-refractivity contribution in [1.29, 1.82) is 0 Å². The molecule has 0 aromatic rings. The maximum atomic E-state index is 10.2. The highest BCUT2D eigenvalue weighted by atomic mass is 16.3. The van der Waals surface area contributed by atoms with Crippen molar-refractivity contribution >= 4 is 5.78 Å². The third kappa shape index (κ3) is 3.52. The van der Waals surface area contributed by atoms with Crippen molar-refractivity contribution in [2.24, 2.45) is 5.73 Å². The molecule has 8 heavy (non-hydrogen) atoms. The minimum Gasteiger partial charge on any atom is -0.388 e. The van der Waals surface area contributed by atoms with Gasteiger partial charge < -0.3 is 10.8 Å². The van der Waals surface area contributed by atoms with Gasteiger partial charge in [-0.3, -0.25) is 4.79 Å². The van der Waals surface area contributed by atoms with Gasteiger partial charge in [-0.25, -0.2) is 0 Å². The van der Waals surface area contributed by atoms with Gasteiger partial charge in [0.2, 0.25) is 0 Å². The SMILES string of the molecule is NC/C=C/C(=O)CO. The Morgan fingerprint density at radius 1 is 1.75 bits per heavy atom. The molecule has 0 aliphatic carbocycles. The second kappa shape index (κ2) is 4.49. The Balaban J connectivity index is 3.37. The molecule has 3 heteroatoms. The first kappa shape index (κ1) is 7.33. The van der Waals surface area contributed by atoms with Crippen LogP contribution in [0.25, 0.3) is 0 Å². The van der Waals surface area contributed by atoms with Crippen molar-refractivity contribution < 1.29 is 9.90 Å². The molecule has 0 unspecified atom stereocenters. The number of hydrogen-bond acceptors (Lipinski definition) is 3. The summed E-state index contributed by atoms with van der Waals surface area (Å²) < 4.78 is 0. The van der Waals surface area contributed by atoms with E-state index in [0.717, 1.165) is 0 Å². The molecule has 0 aliphatic rings. The first-order chi connectivity index (χ1) is 3.81. The molecule has 0 rings (SSSR count). The van der Waals surface area contributed by atoms with Crippen molar-refractivity contribution in [3.63, 3.8) is 0 Å². The number of hydrogen-bond donors (Lipinski definition) is 2. The molecule has 0 bridgehead atoms. The van der Waals surface area contributed by atoms with Crippen molar-refractivity contribution in [3.05, 3.63) is 12.2 Å². The van der Waals surface area contributed by atoms with Gasteiger partial charge in [0.05, 0.1) is 0 Å². The van der Waals surface area contributed by atoms with E-state index in [1.54, 1.807) is 0 Å². The Morgan fingerprint density at radius 3 is 2.75 bits per heavy atom. The number of ketones is 1. The number of aliphatic hydroxyl groups excluding tert-OH is 1. The van der Waals surface area contributed by atoms with Crippen LogP contribution >= 0.6 is 0 Å². The van der Waals surface area contributed by atoms with Crippen molar-refractivity contribution in [3.8, 4) is 0 Å². The normalized spacial score (nSPS) is 10.2. The first-order valence-corrected chi connectivity index (χ1v) is 2.31. The summed E-state index contributed by atoms with van der Waals surface area (Å²) in [5.74, 6) is -0.310. The molecule has 3 N–H and O–H groups in total. The summed E-state index contributed by atoms with van der Waals surface area (Å²) in [6.07, 6.45) is 2.76. The van der Waals surface area contributed by atoms with Gasteiger partial charge in [-0.1, -0.05) is 6.08 Å². The maximum absolute atomic E-state index is 10.2. The predicted octanol–water partition coefficient (Wildman–Crippen LogP) is -0.937. The van der Waals surface area contributed by atoms with E-state index in [2.05, 4.69) is 0 Å². The minimum absolute atomic E-state index is 0.310. The fraction of sp³-hybridized carbons (Fsp3) is 0.400. The highest BCUT2D eigenvalue weighted by Gasteiger charge is 1.86. The number of carbonyl (C=O) groups excluding carboxylic acids is 1. The highest BCUT2D eigenvalue weighted by Crippen LogP contribution is 1.71. The Morgan fingerprint density at radius 2 is 2.38 bits per heavy atom. The zero-order valence-corrected chi connectivity index (χ0v) is 4.50. The number of nitrogens with two attached hydrogens (primary N) is 1. The van der Waals surface area contributed by atoms with E-state index < -0.39 is 6.61 Å². The smallest absolute Gasteiger partial charge is 0.180 e. The van der Waals surface area contributed by atoms with Crippen LogP contribution in [0.5, 0.6) is 0 Å². The molecule has 0 atom stereocenters. The van der Waals surface area contributed by atoms with E-state index in [1.807, 2.05) is 0 Å². The van der Waals surface area contributed by atoms with Crippen molar-refractivity contribution in [2.75, 3.05) is 13.2 Å². The lowest BCUT2D eigenvalue weighted by Crippen LogP contribution is -2.00. The molecule has 46 valence electrons. The molecule has 0 aromatic heterocycles. The van der Waals surface area contributed by atoms with Crippen LogP contribution in [-0.4, -0.2) is 24.0 Å². The lowest BCUT2D eigenvalue weighted by molar-refractivity contribution is -0.117. The van der Waals surface area contributed by atoms with Gasteiger partial charge in [0.25, 0.3) is 0 Å². The fourth-order valence-corrected chi connectivity index (χ4v) is 0.252. The van der Waals surface area contributed by atoms with E-state index in [0.29, 0.717) is 6.54 Å². The molecular formula is C5H9NO2. The van der Waals surface area contributed by atoms with Gasteiger partial charge in [0.15, 0.2) is 5.78 Å². The standard InChI is InChI=1S/C5H9NO2/c6-3-1-2-5(8)4-7/h1-2,7H,3-4,6H2/b2-1+. The van der Waals surface area contributed by atoms with Crippen LogP contribution in [-0.2, 0) is 4.79 Å². The van der Waals surface area contributed by atoms with E-state index >= 15 is 0 Å². The largest absolute Gasteiger partial charge is 0.388 e. The van der Waals surface area contributed by atoms with Crippen LogP contribution in [0.3, 0.4) is 0 Å². The summed E-state index contributed by atoms with van der Waals surface area (Å²) in [7, 11) is 0. The highest BCUT2D eigenvalue weighted by molar-refractivity contribution is 5.90. The maximum Gasteiger partial charge on any atom is 0.180 e. The van der Waals surface area contributed by atoms with Crippen LogP contribution < -0.4 is 5.73 Å². The molecule has 0 fully saturated rings. The second-order valence-corrected chi connectivity index (χ2v) is 1.26. The molecule has 0 amide bonds. The van der Waals surface area contributed by atoms with Crippen molar-refractivity contribution in [1.82, 2.24) is 0 Å². The monoisotopic (exact) mass is 115 g/mol. The molecule has 0 aromatic carbocycles. The molecule has 0 heterocycles. The van der Waals surface area contributed by atoms with Crippen LogP contribution in [0.4, 0.5) is 0 Å². The Labute approximate surface area is 47.8 Å². The molecule has 0 spiro atoms. The van der Waals surface area contributed by atoms with E-state index in [9.17, 15) is 4.79 Å². The van der Waals surface area contributed by atoms with Gasteiger partial charge in [0.1, 0.15) is 6.61 Å². The molecule has 0 saturated carbocycles. The summed E-state index contributed by atoms with van der Waals surface area (Å²) in [6.45, 7) is -0.0950. The predicted molar refractivity (Wildman–Crippen MR) is 30.3 cm³/mol. The summed E-state index contributed by atoms with van der Waals surface area (Å²) in [4.78, 5) is 10.2. The van der Waals surface area contributed by atoms with E-state index in [1.165, 1.54) is 12.2 Å². The Bertz CT molecular complexity index is 98.6. The average molecular weight is 115 g/mol. The van der Waals surface area contributed by atoms with Crippen LogP contribution in [0.2, 0.25) is 0 Å². The molecular weight excluding hydrogens is 106 g/mol. The third-order valence-corrected chi connectivity index (χ3v) is 0.596. The molecule has 0 radical (unpaired) electrons. The second-order valence-electron chi connectivity index (χ2n) is 1.26. The molecule has 0 saturated heterocycles. The quantitative estimate of drug-likeness (QED) is 0.467. The van der Waals surface area contributed by atoms with E-state index in [-0.39, 0.29) is 5.78 Å². The minimum atomic E-state index is -0.434. The zero-order valence-electron chi connectivity index (χ0n) is 4.50. The summed E-state index contributed by atoms with van der Waals surface area (Å²) in [5.41, 5.74) is 5.01. The van der Waals surface area contributed by atoms with Gasteiger partial charge in [-0.05, 0) is 6.08 Å². The van der Waals surface area contributed by atoms with Gasteiger partial charge in [-0.15, -0.1) is 0 Å². The van der Waals surface area contributed by atoms with Crippen molar-refractivity contribution in [2.45, 2.75) is 0 Å². The van der Waals surface area contributed by atoms with Crippen LogP contribution in [0.1, 0.15) is 0 Å². The topological polar surface area (TPSA) is 63.3 Å². The summed E-state index contributed by atoms with van der Waals surface area (Å²) in [6, 6.07) is 0. The summed E-state index contributed by atoms with van der Waals surface area (Å²) in [5, 5.41) is 8.12. The third-order valence-electron chi connectivity index (χ3n) is 0.596. The number of aliphatic hydroxyl groups is 1. The average Bonchev–Trinajstić information content (AvgIpc) is 1.83.